The van der Waals surface area contributed by atoms with Crippen LogP contribution in [0.25, 0.3) is 0 Å². The zero-order valence-corrected chi connectivity index (χ0v) is 13.4. The standard InChI is InChI=1S/C17H19Cl2NO/c18-12-1-2-15(14(19)9-12)20-16(21)17-5-3-10-7-11(4-6-17)13(17)8-10/h1-2,9-11,13H,3-8H2,(H,20,21). The molecule has 4 rings (SSSR count). The molecular formula is C17H19Cl2NO. The molecule has 1 amide bonds. The molecule has 3 aliphatic carbocycles. The molecule has 3 aliphatic rings. The Kier molecular flexibility index (Phi) is 3.24. The SMILES string of the molecule is O=C(Nc1ccc(Cl)cc1Cl)C12CCC3CC(CC1)C2C3. The van der Waals surface area contributed by atoms with Crippen molar-refractivity contribution in [3.05, 3.63) is 28.2 Å². The number of fused-ring (bicyclic) bond motifs is 1. The first-order valence-corrected chi connectivity index (χ1v) is 8.60. The topological polar surface area (TPSA) is 29.1 Å². The number of rotatable bonds is 2. The average Bonchev–Trinajstić information content (AvgIpc) is 2.96. The minimum absolute atomic E-state index is 0.138. The molecule has 4 atom stereocenters. The molecule has 112 valence electrons. The van der Waals surface area contributed by atoms with E-state index in [0.29, 0.717) is 21.7 Å². The lowest BCUT2D eigenvalue weighted by Crippen LogP contribution is -2.41. The summed E-state index contributed by atoms with van der Waals surface area (Å²) in [6.45, 7) is 0. The van der Waals surface area contributed by atoms with Crippen LogP contribution in [0.15, 0.2) is 18.2 Å². The van der Waals surface area contributed by atoms with Crippen molar-refractivity contribution < 1.29 is 4.79 Å². The molecule has 0 aromatic heterocycles. The number of nitrogens with one attached hydrogen (secondary N) is 1. The molecule has 1 aromatic rings. The first-order valence-electron chi connectivity index (χ1n) is 7.85. The summed E-state index contributed by atoms with van der Waals surface area (Å²) in [6, 6.07) is 5.25. The van der Waals surface area contributed by atoms with Gasteiger partial charge in [-0.1, -0.05) is 23.2 Å². The molecule has 2 bridgehead atoms. The van der Waals surface area contributed by atoms with E-state index in [9.17, 15) is 4.79 Å². The van der Waals surface area contributed by atoms with E-state index in [1.54, 1.807) is 18.2 Å². The van der Waals surface area contributed by atoms with Crippen molar-refractivity contribution >= 4 is 34.8 Å². The summed E-state index contributed by atoms with van der Waals surface area (Å²) in [6.07, 6.45) is 7.15. The fourth-order valence-corrected chi connectivity index (χ4v) is 5.56. The maximum Gasteiger partial charge on any atom is 0.230 e. The molecule has 0 spiro atoms. The Labute approximate surface area is 135 Å². The van der Waals surface area contributed by atoms with Gasteiger partial charge in [-0.05, 0) is 74.5 Å². The van der Waals surface area contributed by atoms with E-state index in [1.807, 2.05) is 0 Å². The summed E-state index contributed by atoms with van der Waals surface area (Å²) in [4.78, 5) is 13.0. The number of halogens is 2. The molecule has 21 heavy (non-hydrogen) atoms. The van der Waals surface area contributed by atoms with Gasteiger partial charge in [-0.3, -0.25) is 4.79 Å². The second kappa shape index (κ2) is 4.89. The Morgan fingerprint density at radius 2 is 2.00 bits per heavy atom. The summed E-state index contributed by atoms with van der Waals surface area (Å²) in [5.74, 6) is 2.44. The Hall–Kier alpha value is -0.730. The van der Waals surface area contributed by atoms with E-state index in [2.05, 4.69) is 5.32 Å². The van der Waals surface area contributed by atoms with Gasteiger partial charge in [0.2, 0.25) is 5.91 Å². The van der Waals surface area contributed by atoms with Gasteiger partial charge in [0.25, 0.3) is 0 Å². The third-order valence-corrected chi connectivity index (χ3v) is 6.64. The minimum atomic E-state index is -0.138. The van der Waals surface area contributed by atoms with Crippen LogP contribution >= 0.6 is 23.2 Å². The van der Waals surface area contributed by atoms with Gasteiger partial charge >= 0.3 is 0 Å². The van der Waals surface area contributed by atoms with Gasteiger partial charge < -0.3 is 5.32 Å². The first kappa shape index (κ1) is 13.9. The molecular weight excluding hydrogens is 305 g/mol. The average molecular weight is 324 g/mol. The lowest BCUT2D eigenvalue weighted by Gasteiger charge is -2.38. The summed E-state index contributed by atoms with van der Waals surface area (Å²) in [7, 11) is 0. The first-order chi connectivity index (χ1) is 10.1. The zero-order chi connectivity index (χ0) is 14.6. The third-order valence-electron chi connectivity index (χ3n) is 6.09. The summed E-state index contributed by atoms with van der Waals surface area (Å²) in [5, 5.41) is 4.19. The van der Waals surface area contributed by atoms with Gasteiger partial charge in [0, 0.05) is 5.02 Å². The molecule has 4 unspecified atom stereocenters. The lowest BCUT2D eigenvalue weighted by atomic mass is 9.67. The predicted molar refractivity (Wildman–Crippen MR) is 85.7 cm³/mol. The number of carbonyl (C=O) groups is 1. The number of carbonyl (C=O) groups excluding carboxylic acids is 1. The van der Waals surface area contributed by atoms with Crippen molar-refractivity contribution in [2.24, 2.45) is 23.2 Å². The van der Waals surface area contributed by atoms with E-state index >= 15 is 0 Å². The normalized spacial score (nSPS) is 36.8. The smallest absolute Gasteiger partial charge is 0.230 e. The number of amides is 1. The lowest BCUT2D eigenvalue weighted by molar-refractivity contribution is -0.129. The molecule has 3 fully saturated rings. The van der Waals surface area contributed by atoms with Crippen LogP contribution in [0.4, 0.5) is 5.69 Å². The Bertz CT molecular complexity index is 602. The fourth-order valence-electron chi connectivity index (χ4n) is 5.11. The fraction of sp³-hybridized carbons (Fsp3) is 0.588. The zero-order valence-electron chi connectivity index (χ0n) is 11.9. The monoisotopic (exact) mass is 323 g/mol. The highest BCUT2D eigenvalue weighted by atomic mass is 35.5. The van der Waals surface area contributed by atoms with Crippen molar-refractivity contribution in [3.8, 4) is 0 Å². The van der Waals surface area contributed by atoms with Crippen LogP contribution in [0.2, 0.25) is 10.0 Å². The van der Waals surface area contributed by atoms with Crippen LogP contribution < -0.4 is 5.32 Å². The van der Waals surface area contributed by atoms with Gasteiger partial charge in [0.15, 0.2) is 0 Å². The maximum absolute atomic E-state index is 13.0. The van der Waals surface area contributed by atoms with Crippen LogP contribution in [0.5, 0.6) is 0 Å². The van der Waals surface area contributed by atoms with Crippen LogP contribution in [0, 0.1) is 23.2 Å². The highest BCUT2D eigenvalue weighted by Gasteiger charge is 2.59. The van der Waals surface area contributed by atoms with Crippen LogP contribution in [-0.4, -0.2) is 5.91 Å². The van der Waals surface area contributed by atoms with E-state index in [1.165, 1.54) is 25.7 Å². The maximum atomic E-state index is 13.0. The van der Waals surface area contributed by atoms with Crippen LogP contribution in [0.1, 0.15) is 38.5 Å². The summed E-state index contributed by atoms with van der Waals surface area (Å²) >= 11 is 12.1. The molecule has 0 saturated heterocycles. The van der Waals surface area contributed by atoms with Gasteiger partial charge in [0.05, 0.1) is 16.1 Å². The second-order valence-corrected chi connectivity index (χ2v) is 7.86. The number of hydrogen-bond acceptors (Lipinski definition) is 1. The van der Waals surface area contributed by atoms with E-state index in [0.717, 1.165) is 24.7 Å². The predicted octanol–water partition coefficient (Wildman–Crippen LogP) is 5.15. The molecule has 2 nitrogen and oxygen atoms in total. The summed E-state index contributed by atoms with van der Waals surface area (Å²) < 4.78 is 0. The van der Waals surface area contributed by atoms with Gasteiger partial charge in [0.1, 0.15) is 0 Å². The number of hydrogen-bond donors (Lipinski definition) is 1. The van der Waals surface area contributed by atoms with E-state index in [4.69, 9.17) is 23.2 Å². The summed E-state index contributed by atoms with van der Waals surface area (Å²) in [5.41, 5.74) is 0.546. The number of anilines is 1. The number of benzene rings is 1. The van der Waals surface area contributed by atoms with Gasteiger partial charge in [-0.25, -0.2) is 0 Å². The third kappa shape index (κ3) is 2.10. The Balaban J connectivity index is 1.60. The molecule has 0 heterocycles. The quantitative estimate of drug-likeness (QED) is 0.801. The van der Waals surface area contributed by atoms with Crippen LogP contribution in [-0.2, 0) is 4.79 Å². The Morgan fingerprint density at radius 3 is 2.81 bits per heavy atom. The molecule has 0 aliphatic heterocycles. The van der Waals surface area contributed by atoms with Crippen molar-refractivity contribution in [2.45, 2.75) is 38.5 Å². The molecule has 0 radical (unpaired) electrons. The largest absolute Gasteiger partial charge is 0.324 e. The Morgan fingerprint density at radius 1 is 1.19 bits per heavy atom. The van der Waals surface area contributed by atoms with Crippen molar-refractivity contribution in [1.29, 1.82) is 0 Å². The van der Waals surface area contributed by atoms with Crippen LogP contribution in [0.3, 0.4) is 0 Å². The minimum Gasteiger partial charge on any atom is -0.324 e. The van der Waals surface area contributed by atoms with Crippen molar-refractivity contribution in [1.82, 2.24) is 0 Å². The van der Waals surface area contributed by atoms with Gasteiger partial charge in [-0.2, -0.15) is 0 Å². The van der Waals surface area contributed by atoms with Crippen molar-refractivity contribution in [2.75, 3.05) is 5.32 Å². The second-order valence-electron chi connectivity index (χ2n) is 7.02. The molecule has 1 N–H and O–H groups in total. The van der Waals surface area contributed by atoms with E-state index < -0.39 is 0 Å². The molecule has 1 aromatic carbocycles. The molecule has 3 saturated carbocycles. The van der Waals surface area contributed by atoms with Gasteiger partial charge in [-0.15, -0.1) is 0 Å². The van der Waals surface area contributed by atoms with Crippen molar-refractivity contribution in [3.63, 3.8) is 0 Å². The van der Waals surface area contributed by atoms with E-state index in [-0.39, 0.29) is 11.3 Å². The highest BCUT2D eigenvalue weighted by Crippen LogP contribution is 2.63. The highest BCUT2D eigenvalue weighted by molar-refractivity contribution is 6.36. The molecule has 4 heteroatoms.